The minimum absolute atomic E-state index is 0.0613. The predicted molar refractivity (Wildman–Crippen MR) is 114 cm³/mol. The number of nitrogens with two attached hydrogens (primary N) is 2. The molecule has 5 heteroatoms. The standard InChI is InChI=1S/C22H45FN4/c1-19(2,3)27-11-8-17(18(24)15-27)14-21(6,7)26-12-9-22(23,10-13-26)16-20(4,5)25/h17-18H,8-16,24-25H2,1-7H3. The third-order valence-electron chi connectivity index (χ3n) is 6.80. The molecule has 2 rings (SSSR count). The van der Waals surface area contributed by atoms with Gasteiger partial charge in [0, 0.05) is 42.3 Å². The fourth-order valence-electron chi connectivity index (χ4n) is 5.17. The monoisotopic (exact) mass is 384 g/mol. The van der Waals surface area contributed by atoms with Crippen molar-refractivity contribution in [2.75, 3.05) is 26.2 Å². The first-order valence-electron chi connectivity index (χ1n) is 10.8. The highest BCUT2D eigenvalue weighted by Gasteiger charge is 2.43. The Balaban J connectivity index is 1.90. The average molecular weight is 385 g/mol. The molecular formula is C22H45FN4. The molecule has 2 atom stereocenters. The third-order valence-corrected chi connectivity index (χ3v) is 6.80. The smallest absolute Gasteiger partial charge is 0.115 e. The number of likely N-dealkylation sites (tertiary alicyclic amines) is 2. The topological polar surface area (TPSA) is 58.5 Å². The predicted octanol–water partition coefficient (Wildman–Crippen LogP) is 3.53. The molecule has 0 aromatic heterocycles. The minimum Gasteiger partial charge on any atom is -0.326 e. The number of halogens is 1. The Morgan fingerprint density at radius 2 is 1.52 bits per heavy atom. The molecule has 27 heavy (non-hydrogen) atoms. The summed E-state index contributed by atoms with van der Waals surface area (Å²) >= 11 is 0. The van der Waals surface area contributed by atoms with Crippen LogP contribution < -0.4 is 11.5 Å². The number of nitrogens with zero attached hydrogens (tertiary/aromatic N) is 2. The summed E-state index contributed by atoms with van der Waals surface area (Å²) in [6, 6.07) is 0.223. The van der Waals surface area contributed by atoms with Crippen molar-refractivity contribution in [1.82, 2.24) is 9.80 Å². The molecule has 0 amide bonds. The molecule has 4 N–H and O–H groups in total. The van der Waals surface area contributed by atoms with Gasteiger partial charge in [-0.15, -0.1) is 0 Å². The van der Waals surface area contributed by atoms with Gasteiger partial charge in [0.05, 0.1) is 0 Å². The highest BCUT2D eigenvalue weighted by Crippen LogP contribution is 2.38. The lowest BCUT2D eigenvalue weighted by Crippen LogP contribution is -2.58. The van der Waals surface area contributed by atoms with E-state index < -0.39 is 11.2 Å². The van der Waals surface area contributed by atoms with Gasteiger partial charge in [-0.25, -0.2) is 4.39 Å². The number of hydrogen-bond acceptors (Lipinski definition) is 4. The lowest BCUT2D eigenvalue weighted by molar-refractivity contribution is -0.0178. The van der Waals surface area contributed by atoms with Gasteiger partial charge in [-0.05, 0) is 93.0 Å². The number of alkyl halides is 1. The van der Waals surface area contributed by atoms with Crippen LogP contribution in [0.15, 0.2) is 0 Å². The molecule has 2 fully saturated rings. The van der Waals surface area contributed by atoms with Crippen molar-refractivity contribution in [3.8, 4) is 0 Å². The van der Waals surface area contributed by atoms with Gasteiger partial charge in [0.15, 0.2) is 0 Å². The van der Waals surface area contributed by atoms with Crippen LogP contribution >= 0.6 is 0 Å². The number of hydrogen-bond donors (Lipinski definition) is 2. The summed E-state index contributed by atoms with van der Waals surface area (Å²) in [6.07, 6.45) is 3.87. The maximum Gasteiger partial charge on any atom is 0.115 e. The lowest BCUT2D eigenvalue weighted by Gasteiger charge is -2.49. The number of piperidine rings is 2. The molecule has 2 unspecified atom stereocenters. The van der Waals surface area contributed by atoms with Crippen LogP contribution in [0.4, 0.5) is 4.39 Å². The molecule has 2 aliphatic heterocycles. The van der Waals surface area contributed by atoms with Crippen molar-refractivity contribution in [2.24, 2.45) is 17.4 Å². The zero-order chi connectivity index (χ0) is 20.7. The van der Waals surface area contributed by atoms with Crippen molar-refractivity contribution in [2.45, 2.75) is 109 Å². The second-order valence-corrected chi connectivity index (χ2v) is 11.6. The van der Waals surface area contributed by atoms with Gasteiger partial charge < -0.3 is 11.5 Å². The Bertz CT molecular complexity index is 484. The third kappa shape index (κ3) is 6.38. The molecule has 2 heterocycles. The molecule has 4 nitrogen and oxygen atoms in total. The minimum atomic E-state index is -1.11. The molecule has 0 bridgehead atoms. The largest absolute Gasteiger partial charge is 0.326 e. The molecule has 2 aliphatic rings. The van der Waals surface area contributed by atoms with E-state index in [4.69, 9.17) is 11.5 Å². The van der Waals surface area contributed by atoms with Gasteiger partial charge in [0.1, 0.15) is 5.67 Å². The zero-order valence-corrected chi connectivity index (χ0v) is 18.9. The first-order valence-corrected chi connectivity index (χ1v) is 10.8. The molecule has 160 valence electrons. The fourth-order valence-corrected chi connectivity index (χ4v) is 5.17. The Morgan fingerprint density at radius 3 is 1.96 bits per heavy atom. The zero-order valence-electron chi connectivity index (χ0n) is 18.9. The molecule has 0 radical (unpaired) electrons. The summed E-state index contributed by atoms with van der Waals surface area (Å²) in [5, 5.41) is 0. The van der Waals surface area contributed by atoms with Crippen molar-refractivity contribution < 1.29 is 4.39 Å². The van der Waals surface area contributed by atoms with E-state index in [0.29, 0.717) is 25.2 Å². The lowest BCUT2D eigenvalue weighted by atomic mass is 9.77. The Kier molecular flexibility index (Phi) is 6.74. The second kappa shape index (κ2) is 7.89. The van der Waals surface area contributed by atoms with Crippen LogP contribution in [-0.2, 0) is 0 Å². The average Bonchev–Trinajstić information content (AvgIpc) is 2.46. The normalized spacial score (nSPS) is 29.1. The molecule has 0 saturated carbocycles. The van der Waals surface area contributed by atoms with E-state index in [9.17, 15) is 0 Å². The Hall–Kier alpha value is -0.230. The first kappa shape index (κ1) is 23.1. The maximum absolute atomic E-state index is 15.2. The van der Waals surface area contributed by atoms with Crippen LogP contribution in [0.5, 0.6) is 0 Å². The highest BCUT2D eigenvalue weighted by molar-refractivity contribution is 4.98. The summed E-state index contributed by atoms with van der Waals surface area (Å²) in [7, 11) is 0. The Morgan fingerprint density at radius 1 is 0.963 bits per heavy atom. The van der Waals surface area contributed by atoms with E-state index in [0.717, 1.165) is 39.0 Å². The summed E-state index contributed by atoms with van der Waals surface area (Å²) in [6.45, 7) is 19.0. The van der Waals surface area contributed by atoms with E-state index in [2.05, 4.69) is 44.4 Å². The molecule has 0 aromatic carbocycles. The molecular weight excluding hydrogens is 339 g/mol. The summed E-state index contributed by atoms with van der Waals surface area (Å²) in [5.41, 5.74) is 11.4. The highest BCUT2D eigenvalue weighted by atomic mass is 19.1. The van der Waals surface area contributed by atoms with E-state index in [-0.39, 0.29) is 17.1 Å². The van der Waals surface area contributed by atoms with E-state index in [1.165, 1.54) is 0 Å². The van der Waals surface area contributed by atoms with Crippen LogP contribution in [0.2, 0.25) is 0 Å². The fraction of sp³-hybridized carbons (Fsp3) is 1.00. The van der Waals surface area contributed by atoms with Crippen LogP contribution in [0.3, 0.4) is 0 Å². The van der Waals surface area contributed by atoms with Crippen molar-refractivity contribution in [1.29, 1.82) is 0 Å². The quantitative estimate of drug-likeness (QED) is 0.761. The summed E-state index contributed by atoms with van der Waals surface area (Å²) in [5.74, 6) is 0.540. The van der Waals surface area contributed by atoms with Crippen molar-refractivity contribution >= 4 is 0 Å². The van der Waals surface area contributed by atoms with E-state index in [1.54, 1.807) is 0 Å². The van der Waals surface area contributed by atoms with Crippen molar-refractivity contribution in [3.63, 3.8) is 0 Å². The first-order chi connectivity index (χ1) is 12.1. The van der Waals surface area contributed by atoms with E-state index >= 15 is 4.39 Å². The van der Waals surface area contributed by atoms with Gasteiger partial charge in [-0.1, -0.05) is 0 Å². The van der Waals surface area contributed by atoms with Gasteiger partial charge in [0.25, 0.3) is 0 Å². The summed E-state index contributed by atoms with van der Waals surface area (Å²) < 4.78 is 15.2. The van der Waals surface area contributed by atoms with Crippen LogP contribution in [-0.4, -0.2) is 64.3 Å². The Labute approximate surface area is 167 Å². The second-order valence-electron chi connectivity index (χ2n) is 11.6. The van der Waals surface area contributed by atoms with Crippen LogP contribution in [0.1, 0.15) is 80.6 Å². The summed E-state index contributed by atoms with van der Waals surface area (Å²) in [4.78, 5) is 4.99. The molecule has 0 aliphatic carbocycles. The van der Waals surface area contributed by atoms with Gasteiger partial charge in [0.2, 0.25) is 0 Å². The van der Waals surface area contributed by atoms with Gasteiger partial charge in [-0.3, -0.25) is 9.80 Å². The molecule has 0 spiro atoms. The molecule has 0 aromatic rings. The van der Waals surface area contributed by atoms with Crippen molar-refractivity contribution in [3.05, 3.63) is 0 Å². The van der Waals surface area contributed by atoms with E-state index in [1.807, 2.05) is 13.8 Å². The number of rotatable bonds is 5. The van der Waals surface area contributed by atoms with Crippen LogP contribution in [0.25, 0.3) is 0 Å². The maximum atomic E-state index is 15.2. The van der Waals surface area contributed by atoms with Gasteiger partial charge >= 0.3 is 0 Å². The van der Waals surface area contributed by atoms with Crippen LogP contribution in [0, 0.1) is 5.92 Å². The molecule has 2 saturated heterocycles. The SMILES string of the molecule is CC(C)(N)CC1(F)CCN(C(C)(C)CC2CCN(C(C)(C)C)CC2N)CC1. The van der Waals surface area contributed by atoms with Gasteiger partial charge in [-0.2, -0.15) is 0 Å².